The summed E-state index contributed by atoms with van der Waals surface area (Å²) in [6, 6.07) is -1.32. The van der Waals surface area contributed by atoms with Crippen molar-refractivity contribution in [2.45, 2.75) is 140 Å². The third-order valence-electron chi connectivity index (χ3n) is 9.28. The molecule has 0 aliphatic carbocycles. The highest BCUT2D eigenvalue weighted by Crippen LogP contribution is 2.11. The van der Waals surface area contributed by atoms with Gasteiger partial charge in [0.05, 0.1) is 0 Å². The van der Waals surface area contributed by atoms with Crippen LogP contribution >= 0.6 is 0 Å². The van der Waals surface area contributed by atoms with Crippen LogP contribution in [0.25, 0.3) is 0 Å². The van der Waals surface area contributed by atoms with Gasteiger partial charge in [-0.05, 0) is 146 Å². The van der Waals surface area contributed by atoms with Crippen molar-refractivity contribution in [3.63, 3.8) is 0 Å². The minimum absolute atomic E-state index is 0.0269. The maximum atomic E-state index is 13.5. The lowest BCUT2D eigenvalue weighted by Gasteiger charge is -2.25. The minimum Gasteiger partial charge on any atom is -0.353 e. The van der Waals surface area contributed by atoms with E-state index in [2.05, 4.69) is 53.2 Å². The van der Waals surface area contributed by atoms with Gasteiger partial charge in [0.2, 0.25) is 23.6 Å². The zero-order valence-electron chi connectivity index (χ0n) is 34.3. The van der Waals surface area contributed by atoms with Crippen molar-refractivity contribution in [3.8, 4) is 0 Å². The van der Waals surface area contributed by atoms with Gasteiger partial charge in [0.15, 0.2) is 0 Å². The van der Waals surface area contributed by atoms with Crippen LogP contribution in [-0.4, -0.2) is 135 Å². The number of carbonyl (C=O) groups excluding carboxylic acids is 5. The van der Waals surface area contributed by atoms with E-state index in [1.165, 1.54) is 6.92 Å². The van der Waals surface area contributed by atoms with Gasteiger partial charge in [-0.25, -0.2) is 0 Å². The average molecular weight is 755 g/mol. The van der Waals surface area contributed by atoms with E-state index in [-0.39, 0.29) is 73.2 Å². The van der Waals surface area contributed by atoms with E-state index in [1.54, 1.807) is 0 Å². The Kier molecular flexibility index (Phi) is 32.1. The molecule has 10 N–H and O–H groups in total. The summed E-state index contributed by atoms with van der Waals surface area (Å²) in [7, 11) is 11.3. The minimum atomic E-state index is -0.408. The summed E-state index contributed by atoms with van der Waals surface area (Å²) in [6.07, 6.45) is 9.46. The Balaban J connectivity index is 5.57. The molecule has 0 spiro atoms. The Morgan fingerprint density at radius 2 is 0.623 bits per heavy atom. The van der Waals surface area contributed by atoms with E-state index in [9.17, 15) is 24.0 Å². The topological polar surface area (TPSA) is 206 Å². The molecule has 5 unspecified atom stereocenters. The zero-order valence-corrected chi connectivity index (χ0v) is 34.3. The molecule has 0 rings (SSSR count). The van der Waals surface area contributed by atoms with Gasteiger partial charge >= 0.3 is 0 Å². The number of nitrogens with one attached hydrogen (secondary N) is 10. The third-order valence-corrected chi connectivity index (χ3v) is 9.28. The monoisotopic (exact) mass is 755 g/mol. The molecule has 0 aliphatic heterocycles. The highest BCUT2D eigenvalue weighted by atomic mass is 16.2. The number of ketones is 1. The molecule has 0 radical (unpaired) electrons. The fourth-order valence-corrected chi connectivity index (χ4v) is 6.43. The van der Waals surface area contributed by atoms with Crippen molar-refractivity contribution in [2.75, 3.05) is 75.0 Å². The lowest BCUT2D eigenvalue weighted by atomic mass is 10.0. The Bertz CT molecular complexity index is 989. The number of carbonyl (C=O) groups is 5. The van der Waals surface area contributed by atoms with Crippen LogP contribution in [0.1, 0.15) is 110 Å². The highest BCUT2D eigenvalue weighted by Gasteiger charge is 2.24. The number of rotatable bonds is 36. The van der Waals surface area contributed by atoms with Crippen LogP contribution in [0.2, 0.25) is 0 Å². The average Bonchev–Trinajstić information content (AvgIpc) is 3.09. The predicted molar refractivity (Wildman–Crippen MR) is 215 cm³/mol. The third kappa shape index (κ3) is 29.4. The molecule has 0 fully saturated rings. The largest absolute Gasteiger partial charge is 0.353 e. The van der Waals surface area contributed by atoms with Crippen molar-refractivity contribution in [3.05, 3.63) is 0 Å². The normalized spacial score (nSPS) is 14.1. The predicted octanol–water partition coefficient (Wildman–Crippen LogP) is 0.441. The summed E-state index contributed by atoms with van der Waals surface area (Å²) in [5.41, 5.74) is 0. The second-order valence-electron chi connectivity index (χ2n) is 14.3. The fourth-order valence-electron chi connectivity index (χ4n) is 6.43. The lowest BCUT2D eigenvalue weighted by molar-refractivity contribution is -0.125. The SMILES string of the molecule is CNCCCCC(CC(C)=O)NC(=O)CC(CCCNC)NC(=O)CC(CCCNC)NC(=O)CC(CCCNC)NC(=O)CC(CCCNC)NC. The molecular weight excluding hydrogens is 676 g/mol. The van der Waals surface area contributed by atoms with Crippen molar-refractivity contribution in [1.82, 2.24) is 53.2 Å². The van der Waals surface area contributed by atoms with E-state index in [0.717, 1.165) is 77.7 Å². The van der Waals surface area contributed by atoms with Crippen LogP contribution in [0.4, 0.5) is 0 Å². The summed E-state index contributed by atoms with van der Waals surface area (Å²) < 4.78 is 0. The Morgan fingerprint density at radius 3 is 0.925 bits per heavy atom. The molecule has 15 heteroatoms. The van der Waals surface area contributed by atoms with Crippen LogP contribution < -0.4 is 53.2 Å². The molecule has 0 aliphatic rings. The molecule has 0 aromatic heterocycles. The molecule has 0 saturated carbocycles. The first-order chi connectivity index (χ1) is 25.5. The highest BCUT2D eigenvalue weighted by molar-refractivity contribution is 5.83. The Hall–Kier alpha value is -2.69. The molecule has 0 bridgehead atoms. The standard InChI is InChI=1S/C38H78N10O5/c1-29(49)24-31(14-8-9-19-39-2)45-36(51)26-33(17-12-22-42-5)47-38(53)28-34(18-13-23-43-6)48-37(52)27-32(16-11-21-41-4)46-35(50)25-30(44-7)15-10-20-40-3/h30-34,39-44H,8-28H2,1-7H3,(H,45,51)(H,46,50)(H,47,53)(H,48,52). The van der Waals surface area contributed by atoms with Crippen molar-refractivity contribution < 1.29 is 24.0 Å². The quantitative estimate of drug-likeness (QED) is 0.0398. The summed E-state index contributed by atoms with van der Waals surface area (Å²) in [5, 5.41) is 31.2. The fraction of sp³-hybridized carbons (Fsp3) is 0.868. The van der Waals surface area contributed by atoms with Gasteiger partial charge in [0.25, 0.3) is 0 Å². The summed E-state index contributed by atoms with van der Waals surface area (Å²) in [4.78, 5) is 65.1. The van der Waals surface area contributed by atoms with Gasteiger partial charge in [-0.1, -0.05) is 6.42 Å². The second-order valence-corrected chi connectivity index (χ2v) is 14.3. The molecule has 4 amide bonds. The molecule has 0 aromatic carbocycles. The van der Waals surface area contributed by atoms with Crippen LogP contribution in [0.15, 0.2) is 0 Å². The molecule has 0 aromatic rings. The number of amides is 4. The maximum absolute atomic E-state index is 13.5. The molecule has 0 heterocycles. The van der Waals surface area contributed by atoms with Gasteiger partial charge in [-0.2, -0.15) is 0 Å². The lowest BCUT2D eigenvalue weighted by Crippen LogP contribution is -2.46. The molecule has 310 valence electrons. The molecule has 5 atom stereocenters. The smallest absolute Gasteiger partial charge is 0.222 e. The molecule has 53 heavy (non-hydrogen) atoms. The second kappa shape index (κ2) is 33.8. The first kappa shape index (κ1) is 50.3. The summed E-state index contributed by atoms with van der Waals surface area (Å²) in [5.74, 6) is -0.694. The van der Waals surface area contributed by atoms with E-state index >= 15 is 0 Å². The van der Waals surface area contributed by atoms with Crippen molar-refractivity contribution in [2.24, 2.45) is 0 Å². The Morgan fingerprint density at radius 1 is 0.358 bits per heavy atom. The van der Waals surface area contributed by atoms with E-state index in [0.29, 0.717) is 32.1 Å². The van der Waals surface area contributed by atoms with Crippen LogP contribution in [-0.2, 0) is 24.0 Å². The van der Waals surface area contributed by atoms with Gasteiger partial charge in [-0.3, -0.25) is 24.0 Å². The van der Waals surface area contributed by atoms with Gasteiger partial charge in [-0.15, -0.1) is 0 Å². The van der Waals surface area contributed by atoms with Gasteiger partial charge < -0.3 is 53.2 Å². The van der Waals surface area contributed by atoms with Gasteiger partial charge in [0, 0.05) is 62.3 Å². The van der Waals surface area contributed by atoms with Crippen molar-refractivity contribution in [1.29, 1.82) is 0 Å². The maximum Gasteiger partial charge on any atom is 0.222 e. The number of hydrogen-bond donors (Lipinski definition) is 10. The summed E-state index contributed by atoms with van der Waals surface area (Å²) >= 11 is 0. The number of Topliss-reactive ketones (excluding diaryl/α,β-unsaturated/α-hetero) is 1. The Labute approximate surface area is 321 Å². The number of hydrogen-bond acceptors (Lipinski definition) is 11. The van der Waals surface area contributed by atoms with E-state index in [4.69, 9.17) is 0 Å². The van der Waals surface area contributed by atoms with Crippen LogP contribution in [0.5, 0.6) is 0 Å². The van der Waals surface area contributed by atoms with Gasteiger partial charge in [0.1, 0.15) is 5.78 Å². The molecular formula is C38H78N10O5. The summed E-state index contributed by atoms with van der Waals surface area (Å²) in [6.45, 7) is 5.54. The zero-order chi connectivity index (χ0) is 39.7. The first-order valence-electron chi connectivity index (χ1n) is 20.1. The number of unbranched alkanes of at least 4 members (excludes halogenated alkanes) is 1. The molecule has 0 saturated heterocycles. The molecule has 15 nitrogen and oxygen atoms in total. The van der Waals surface area contributed by atoms with E-state index < -0.39 is 12.1 Å². The van der Waals surface area contributed by atoms with Crippen LogP contribution in [0, 0.1) is 0 Å². The van der Waals surface area contributed by atoms with E-state index in [1.807, 2.05) is 42.3 Å². The first-order valence-corrected chi connectivity index (χ1v) is 20.1. The van der Waals surface area contributed by atoms with Crippen molar-refractivity contribution >= 4 is 29.4 Å². The van der Waals surface area contributed by atoms with Crippen LogP contribution in [0.3, 0.4) is 0 Å².